The second kappa shape index (κ2) is 18.8. The molecule has 260 valence electrons. The molecule has 2 heterocycles. The van der Waals surface area contributed by atoms with Crippen LogP contribution in [0.5, 0.6) is 5.75 Å². The van der Waals surface area contributed by atoms with Crippen LogP contribution in [0.3, 0.4) is 0 Å². The van der Waals surface area contributed by atoms with Gasteiger partial charge in [-0.25, -0.2) is 0 Å². The van der Waals surface area contributed by atoms with Gasteiger partial charge >= 0.3 is 0 Å². The van der Waals surface area contributed by atoms with E-state index >= 15 is 0 Å². The third kappa shape index (κ3) is 11.4. The van der Waals surface area contributed by atoms with Crippen molar-refractivity contribution in [2.75, 3.05) is 39.3 Å². The Labute approximate surface area is 283 Å². The molecule has 1 fully saturated rings. The maximum absolute atomic E-state index is 13.6. The van der Waals surface area contributed by atoms with Crippen molar-refractivity contribution in [3.63, 3.8) is 0 Å². The minimum Gasteiger partial charge on any atom is -0.493 e. The first-order valence-electron chi connectivity index (χ1n) is 17.2. The van der Waals surface area contributed by atoms with Crippen molar-refractivity contribution in [3.8, 4) is 5.75 Å². The molecule has 12 heteroatoms. The topological polar surface area (TPSA) is 158 Å². The number of carbonyl (C=O) groups is 5. The van der Waals surface area contributed by atoms with Crippen molar-refractivity contribution in [3.05, 3.63) is 65.7 Å². The van der Waals surface area contributed by atoms with E-state index in [0.717, 1.165) is 38.0 Å². The molecule has 3 atom stereocenters. The molecule has 5 amide bonds. The number of nitrogens with one attached hydrogen (secondary N) is 5. The van der Waals surface area contributed by atoms with Gasteiger partial charge in [0.25, 0.3) is 5.91 Å². The fraction of sp³-hybridized carbons (Fsp3) is 0.528. The standard InChI is InChI=1S/C36H50N6O6/c1-25(2)32-36(47)40-28(23-26-13-4-3-5-14-26)34(45)38-18-12-22-48-30-16-7-6-15-27(30)33(44)39-29(24-31(43)41-32)35(46)37-17-8-9-19-42-20-10-11-21-42/h3-7,13-16,25,28-29,32H,8-12,17-24H2,1-2H3,(H,37,46)(H,38,45)(H,39,44)(H,40,47)(H,41,43)/t28-,29-,32-/m0/s1. The fourth-order valence-corrected chi connectivity index (χ4v) is 5.89. The number of nitrogens with zero attached hydrogens (tertiary/aromatic N) is 1. The van der Waals surface area contributed by atoms with Crippen molar-refractivity contribution < 1.29 is 28.7 Å². The Bertz CT molecular complexity index is 1380. The Kier molecular flexibility index (Phi) is 14.2. The summed E-state index contributed by atoms with van der Waals surface area (Å²) in [6.07, 6.45) is 4.44. The van der Waals surface area contributed by atoms with Crippen molar-refractivity contribution in [1.29, 1.82) is 0 Å². The highest BCUT2D eigenvalue weighted by atomic mass is 16.5. The van der Waals surface area contributed by atoms with Gasteiger partial charge in [-0.3, -0.25) is 24.0 Å². The molecule has 12 nitrogen and oxygen atoms in total. The summed E-state index contributed by atoms with van der Waals surface area (Å²) >= 11 is 0. The molecule has 2 aromatic carbocycles. The molecule has 48 heavy (non-hydrogen) atoms. The Balaban J connectivity index is 1.51. The van der Waals surface area contributed by atoms with Crippen LogP contribution in [0.25, 0.3) is 0 Å². The van der Waals surface area contributed by atoms with Crippen LogP contribution in [0.4, 0.5) is 0 Å². The number of carbonyl (C=O) groups excluding carboxylic acids is 5. The van der Waals surface area contributed by atoms with Crippen LogP contribution in [0.15, 0.2) is 54.6 Å². The number of likely N-dealkylation sites (tertiary alicyclic amines) is 1. The van der Waals surface area contributed by atoms with Crippen LogP contribution >= 0.6 is 0 Å². The van der Waals surface area contributed by atoms with Gasteiger partial charge in [0, 0.05) is 19.5 Å². The van der Waals surface area contributed by atoms with Crippen molar-refractivity contribution >= 4 is 29.5 Å². The van der Waals surface area contributed by atoms with Crippen LogP contribution in [0.2, 0.25) is 0 Å². The zero-order chi connectivity index (χ0) is 34.3. The maximum atomic E-state index is 13.6. The van der Waals surface area contributed by atoms with Crippen LogP contribution in [-0.4, -0.2) is 91.9 Å². The molecule has 0 radical (unpaired) electrons. The van der Waals surface area contributed by atoms with Gasteiger partial charge in [0.05, 0.1) is 18.6 Å². The highest BCUT2D eigenvalue weighted by Crippen LogP contribution is 2.19. The highest BCUT2D eigenvalue weighted by Gasteiger charge is 2.31. The van der Waals surface area contributed by atoms with Crippen LogP contribution in [-0.2, 0) is 25.6 Å². The van der Waals surface area contributed by atoms with E-state index in [1.54, 1.807) is 38.1 Å². The quantitative estimate of drug-likeness (QED) is 0.257. The van der Waals surface area contributed by atoms with Crippen molar-refractivity contribution in [2.24, 2.45) is 5.92 Å². The number of amides is 5. The summed E-state index contributed by atoms with van der Waals surface area (Å²) in [5.41, 5.74) is 1.08. The first-order chi connectivity index (χ1) is 23.2. The lowest BCUT2D eigenvalue weighted by Crippen LogP contribution is -2.57. The summed E-state index contributed by atoms with van der Waals surface area (Å²) < 4.78 is 5.90. The first kappa shape index (κ1) is 36.4. The predicted molar refractivity (Wildman–Crippen MR) is 182 cm³/mol. The van der Waals surface area contributed by atoms with E-state index in [2.05, 4.69) is 31.5 Å². The minimum absolute atomic E-state index is 0.208. The molecule has 1 saturated heterocycles. The molecule has 0 spiro atoms. The third-order valence-electron chi connectivity index (χ3n) is 8.60. The summed E-state index contributed by atoms with van der Waals surface area (Å²) in [5, 5.41) is 14.1. The molecular formula is C36H50N6O6. The summed E-state index contributed by atoms with van der Waals surface area (Å²) in [6.45, 7) is 7.65. The van der Waals surface area contributed by atoms with E-state index in [4.69, 9.17) is 4.74 Å². The zero-order valence-corrected chi connectivity index (χ0v) is 28.1. The lowest BCUT2D eigenvalue weighted by atomic mass is 10.0. The number of hydrogen-bond acceptors (Lipinski definition) is 7. The Morgan fingerprint density at radius 3 is 2.38 bits per heavy atom. The predicted octanol–water partition coefficient (Wildman–Crippen LogP) is 1.93. The molecular weight excluding hydrogens is 612 g/mol. The Hall–Kier alpha value is -4.45. The monoisotopic (exact) mass is 662 g/mol. The SMILES string of the molecule is CC(C)[C@@H]1NC(=O)C[C@@H](C(=O)NCCCCN2CCCC2)NC(=O)c2ccccc2OCCCNC(=O)[C@H](Cc2ccccc2)NC1=O. The zero-order valence-electron chi connectivity index (χ0n) is 28.1. The second-order valence-corrected chi connectivity index (χ2v) is 12.8. The lowest BCUT2D eigenvalue weighted by Gasteiger charge is -2.26. The average Bonchev–Trinajstić information content (AvgIpc) is 3.60. The molecule has 0 unspecified atom stereocenters. The molecule has 0 saturated carbocycles. The average molecular weight is 663 g/mol. The second-order valence-electron chi connectivity index (χ2n) is 12.8. The van der Waals surface area contributed by atoms with Gasteiger partial charge in [-0.15, -0.1) is 0 Å². The van der Waals surface area contributed by atoms with Crippen molar-refractivity contribution in [2.45, 2.75) is 76.9 Å². The van der Waals surface area contributed by atoms with Gasteiger partial charge in [0.15, 0.2) is 0 Å². The van der Waals surface area contributed by atoms with Gasteiger partial charge in [-0.1, -0.05) is 56.3 Å². The maximum Gasteiger partial charge on any atom is 0.255 e. The van der Waals surface area contributed by atoms with Gasteiger partial charge in [-0.05, 0) is 75.4 Å². The molecule has 0 aliphatic carbocycles. The highest BCUT2D eigenvalue weighted by molar-refractivity contribution is 6.01. The Morgan fingerprint density at radius 1 is 0.896 bits per heavy atom. The van der Waals surface area contributed by atoms with Gasteiger partial charge in [0.2, 0.25) is 23.6 Å². The van der Waals surface area contributed by atoms with Gasteiger partial charge in [0.1, 0.15) is 23.9 Å². The van der Waals surface area contributed by atoms with Crippen LogP contribution in [0.1, 0.15) is 68.3 Å². The third-order valence-corrected chi connectivity index (χ3v) is 8.60. The molecule has 5 N–H and O–H groups in total. The van der Waals surface area contributed by atoms with E-state index in [9.17, 15) is 24.0 Å². The van der Waals surface area contributed by atoms with Crippen LogP contribution in [0, 0.1) is 5.92 Å². The molecule has 2 aliphatic heterocycles. The van der Waals surface area contributed by atoms with E-state index in [-0.39, 0.29) is 37.0 Å². The van der Waals surface area contributed by atoms with Crippen molar-refractivity contribution in [1.82, 2.24) is 31.5 Å². The smallest absolute Gasteiger partial charge is 0.255 e. The lowest BCUT2D eigenvalue weighted by molar-refractivity contribution is -0.133. The number of unbranched alkanes of at least 4 members (excludes halogenated alkanes) is 1. The number of ether oxygens (including phenoxy) is 1. The number of para-hydroxylation sites is 1. The van der Waals surface area contributed by atoms with Gasteiger partial charge in [-0.2, -0.15) is 0 Å². The summed E-state index contributed by atoms with van der Waals surface area (Å²) in [6, 6.07) is 13.0. The van der Waals surface area contributed by atoms with E-state index in [1.807, 2.05) is 30.3 Å². The summed E-state index contributed by atoms with van der Waals surface area (Å²) in [5.74, 6) is -2.53. The molecule has 2 aromatic rings. The van der Waals surface area contributed by atoms with E-state index in [0.29, 0.717) is 18.7 Å². The summed E-state index contributed by atoms with van der Waals surface area (Å²) in [7, 11) is 0. The molecule has 0 aromatic heterocycles. The van der Waals surface area contributed by atoms with E-state index in [1.165, 1.54) is 12.8 Å². The molecule has 2 aliphatic rings. The fourth-order valence-electron chi connectivity index (χ4n) is 5.89. The largest absolute Gasteiger partial charge is 0.493 e. The molecule has 4 rings (SSSR count). The normalized spacial score (nSPS) is 21.9. The molecule has 0 bridgehead atoms. The van der Waals surface area contributed by atoms with Gasteiger partial charge < -0.3 is 36.2 Å². The number of fused-ring (bicyclic) bond motifs is 1. The van der Waals surface area contributed by atoms with Crippen LogP contribution < -0.4 is 31.3 Å². The first-order valence-corrected chi connectivity index (χ1v) is 17.2. The number of hydrogen-bond donors (Lipinski definition) is 5. The minimum atomic E-state index is -1.20. The number of rotatable bonds is 9. The summed E-state index contributed by atoms with van der Waals surface area (Å²) in [4.78, 5) is 69.6. The Morgan fingerprint density at radius 2 is 1.62 bits per heavy atom. The number of benzene rings is 2. The van der Waals surface area contributed by atoms with E-state index < -0.39 is 48.2 Å².